The zero-order valence-electron chi connectivity index (χ0n) is 17.2. The molecule has 0 spiro atoms. The van der Waals surface area contributed by atoms with E-state index in [1.807, 2.05) is 0 Å². The van der Waals surface area contributed by atoms with Gasteiger partial charge in [0.2, 0.25) is 0 Å². The average molecular weight is 524 g/mol. The van der Waals surface area contributed by atoms with Crippen molar-refractivity contribution >= 4 is 45.0 Å². The lowest BCUT2D eigenvalue weighted by Gasteiger charge is -2.27. The van der Waals surface area contributed by atoms with E-state index in [-0.39, 0.29) is 17.1 Å². The van der Waals surface area contributed by atoms with E-state index >= 15 is 0 Å². The average Bonchev–Trinajstić information content (AvgIpc) is 2.69. The third-order valence-electron chi connectivity index (χ3n) is 5.20. The van der Waals surface area contributed by atoms with Crippen molar-refractivity contribution in [2.45, 2.75) is 31.5 Å². The van der Waals surface area contributed by atoms with Gasteiger partial charge in [0, 0.05) is 5.56 Å². The molecule has 4 nitrogen and oxygen atoms in total. The number of amides is 1. The highest BCUT2D eigenvalue weighted by Crippen LogP contribution is 2.39. The standard InChI is InChI=1S/C22H19Cl2F4NO3S/c1-2-13-7-12(3-5-16(13)21(30)29-15-10-33(31,32)11-15)4-6-17(22(26,27)28)14-8-18(23)20(25)19(24)9-14/h3-9,15,17H,2,10-11H2,1H3,(H,29,30). The highest BCUT2D eigenvalue weighted by molar-refractivity contribution is 7.92. The van der Waals surface area contributed by atoms with Gasteiger partial charge >= 0.3 is 6.18 Å². The quantitative estimate of drug-likeness (QED) is 0.397. The Hall–Kier alpha value is -2.10. The molecule has 1 N–H and O–H groups in total. The summed E-state index contributed by atoms with van der Waals surface area (Å²) in [6.45, 7) is 1.79. The number of aryl methyl sites for hydroxylation is 1. The SMILES string of the molecule is CCc1cc(C=CC(c2cc(Cl)c(F)c(Cl)c2)C(F)(F)F)ccc1C(=O)NC1CS(=O)(=O)C1. The number of carbonyl (C=O) groups is 1. The molecule has 1 unspecified atom stereocenters. The predicted octanol–water partition coefficient (Wildman–Crippen LogP) is 5.58. The Morgan fingerprint density at radius 3 is 2.30 bits per heavy atom. The highest BCUT2D eigenvalue weighted by atomic mass is 35.5. The summed E-state index contributed by atoms with van der Waals surface area (Å²) in [7, 11) is -3.09. The Kier molecular flexibility index (Phi) is 7.45. The number of rotatable bonds is 6. The number of hydrogen-bond acceptors (Lipinski definition) is 3. The van der Waals surface area contributed by atoms with Crippen molar-refractivity contribution in [3.8, 4) is 0 Å². The number of halogens is 6. The van der Waals surface area contributed by atoms with Gasteiger partial charge < -0.3 is 5.32 Å². The first kappa shape index (κ1) is 25.5. The molecule has 1 atom stereocenters. The molecule has 1 amide bonds. The number of nitrogens with one attached hydrogen (secondary N) is 1. The number of carbonyl (C=O) groups excluding carboxylic acids is 1. The van der Waals surface area contributed by atoms with Crippen molar-refractivity contribution in [2.75, 3.05) is 11.5 Å². The number of sulfone groups is 1. The lowest BCUT2D eigenvalue weighted by molar-refractivity contribution is -0.139. The fourth-order valence-corrected chi connectivity index (χ4v) is 5.31. The normalized spacial score (nSPS) is 17.1. The third-order valence-corrected chi connectivity index (χ3v) is 7.57. The summed E-state index contributed by atoms with van der Waals surface area (Å²) in [4.78, 5) is 12.5. The van der Waals surface area contributed by atoms with Crippen LogP contribution in [-0.4, -0.2) is 38.0 Å². The van der Waals surface area contributed by atoms with Crippen LogP contribution in [0.2, 0.25) is 10.0 Å². The maximum atomic E-state index is 13.7. The van der Waals surface area contributed by atoms with Crippen LogP contribution in [0.25, 0.3) is 6.08 Å². The van der Waals surface area contributed by atoms with Crippen LogP contribution in [0.4, 0.5) is 17.6 Å². The molecular weight excluding hydrogens is 505 g/mol. The molecule has 1 saturated heterocycles. The van der Waals surface area contributed by atoms with Crippen LogP contribution in [0.5, 0.6) is 0 Å². The number of hydrogen-bond donors (Lipinski definition) is 1. The van der Waals surface area contributed by atoms with Crippen LogP contribution in [0, 0.1) is 5.82 Å². The Morgan fingerprint density at radius 1 is 1.18 bits per heavy atom. The van der Waals surface area contributed by atoms with E-state index in [9.17, 15) is 30.8 Å². The third kappa shape index (κ3) is 6.07. The van der Waals surface area contributed by atoms with Crippen LogP contribution in [0.3, 0.4) is 0 Å². The van der Waals surface area contributed by atoms with Gasteiger partial charge in [-0.25, -0.2) is 12.8 Å². The molecule has 0 aromatic heterocycles. The van der Waals surface area contributed by atoms with Crippen LogP contribution in [-0.2, 0) is 16.3 Å². The molecule has 1 aliphatic heterocycles. The van der Waals surface area contributed by atoms with Gasteiger partial charge in [-0.05, 0) is 41.3 Å². The van der Waals surface area contributed by atoms with Gasteiger partial charge in [0.1, 0.15) is 0 Å². The number of alkyl halides is 3. The van der Waals surface area contributed by atoms with Gasteiger partial charge in [0.15, 0.2) is 15.7 Å². The van der Waals surface area contributed by atoms with Crippen LogP contribution >= 0.6 is 23.2 Å². The molecule has 1 heterocycles. The first-order valence-corrected chi connectivity index (χ1v) is 12.4. The predicted molar refractivity (Wildman–Crippen MR) is 120 cm³/mol. The lowest BCUT2D eigenvalue weighted by Crippen LogP contribution is -2.53. The smallest absolute Gasteiger partial charge is 0.347 e. The molecule has 0 bridgehead atoms. The number of allylic oxidation sites excluding steroid dienone is 1. The van der Waals surface area contributed by atoms with Crippen LogP contribution in [0.15, 0.2) is 36.4 Å². The van der Waals surface area contributed by atoms with Gasteiger partial charge in [-0.15, -0.1) is 0 Å². The molecule has 1 fully saturated rings. The van der Waals surface area contributed by atoms with Crippen molar-refractivity contribution in [2.24, 2.45) is 0 Å². The summed E-state index contributed by atoms with van der Waals surface area (Å²) < 4.78 is 77.2. The molecule has 1 aliphatic rings. The van der Waals surface area contributed by atoms with Gasteiger partial charge in [-0.3, -0.25) is 4.79 Å². The summed E-state index contributed by atoms with van der Waals surface area (Å²) in [5, 5.41) is 1.63. The van der Waals surface area contributed by atoms with E-state index < -0.39 is 49.7 Å². The zero-order valence-corrected chi connectivity index (χ0v) is 19.5. The molecule has 11 heteroatoms. The second-order valence-electron chi connectivity index (χ2n) is 7.69. The molecule has 2 aromatic carbocycles. The first-order valence-electron chi connectivity index (χ1n) is 9.84. The van der Waals surface area contributed by atoms with E-state index in [1.54, 1.807) is 13.0 Å². The monoisotopic (exact) mass is 523 g/mol. The Labute approximate surface area is 198 Å². The van der Waals surface area contributed by atoms with E-state index in [4.69, 9.17) is 23.2 Å². The minimum atomic E-state index is -4.68. The second-order valence-corrected chi connectivity index (χ2v) is 10.7. The molecule has 0 saturated carbocycles. The molecular formula is C22H19Cl2F4NO3S. The fraction of sp³-hybridized carbons (Fsp3) is 0.318. The van der Waals surface area contributed by atoms with E-state index in [0.29, 0.717) is 23.1 Å². The van der Waals surface area contributed by atoms with Crippen molar-refractivity contribution in [3.63, 3.8) is 0 Å². The topological polar surface area (TPSA) is 63.2 Å². The van der Waals surface area contributed by atoms with E-state index in [2.05, 4.69) is 5.32 Å². The van der Waals surface area contributed by atoms with Crippen molar-refractivity contribution in [3.05, 3.63) is 74.5 Å². The maximum absolute atomic E-state index is 13.7. The second kappa shape index (κ2) is 9.64. The summed E-state index contributed by atoms with van der Waals surface area (Å²) >= 11 is 11.3. The highest BCUT2D eigenvalue weighted by Gasteiger charge is 2.39. The van der Waals surface area contributed by atoms with E-state index in [0.717, 1.165) is 18.2 Å². The first-order chi connectivity index (χ1) is 15.3. The molecule has 0 radical (unpaired) electrons. The van der Waals surface area contributed by atoms with Gasteiger partial charge in [0.25, 0.3) is 5.91 Å². The van der Waals surface area contributed by atoms with E-state index in [1.165, 1.54) is 18.2 Å². The fourth-order valence-electron chi connectivity index (χ4n) is 3.51. The van der Waals surface area contributed by atoms with Crippen molar-refractivity contribution in [1.82, 2.24) is 5.32 Å². The van der Waals surface area contributed by atoms with Crippen LogP contribution in [0.1, 0.15) is 39.9 Å². The lowest BCUT2D eigenvalue weighted by atomic mass is 9.95. The summed E-state index contributed by atoms with van der Waals surface area (Å²) in [5.74, 6) is -3.74. The van der Waals surface area contributed by atoms with Gasteiger partial charge in [0.05, 0.1) is 33.5 Å². The minimum Gasteiger partial charge on any atom is -0.347 e. The van der Waals surface area contributed by atoms with Gasteiger partial charge in [-0.1, -0.05) is 54.4 Å². The Morgan fingerprint density at radius 2 is 1.79 bits per heavy atom. The largest absolute Gasteiger partial charge is 0.399 e. The van der Waals surface area contributed by atoms with Crippen LogP contribution < -0.4 is 5.32 Å². The Balaban J connectivity index is 1.85. The molecule has 0 aliphatic carbocycles. The van der Waals surface area contributed by atoms with Crippen molar-refractivity contribution in [1.29, 1.82) is 0 Å². The maximum Gasteiger partial charge on any atom is 0.399 e. The summed E-state index contributed by atoms with van der Waals surface area (Å²) in [6.07, 6.45) is -2.09. The Bertz CT molecular complexity index is 1180. The minimum absolute atomic E-state index is 0.114. The molecule has 3 rings (SSSR count). The van der Waals surface area contributed by atoms with Crippen molar-refractivity contribution < 1.29 is 30.8 Å². The van der Waals surface area contributed by atoms with Gasteiger partial charge in [-0.2, -0.15) is 13.2 Å². The summed E-state index contributed by atoms with van der Waals surface area (Å²) in [5.41, 5.74) is 1.03. The molecule has 178 valence electrons. The zero-order chi connectivity index (χ0) is 24.6. The molecule has 33 heavy (non-hydrogen) atoms. The molecule has 2 aromatic rings. The summed E-state index contributed by atoms with van der Waals surface area (Å²) in [6, 6.07) is 5.87. The number of benzene rings is 2.